The minimum absolute atomic E-state index is 0.222. The number of hydrogen-bond donors (Lipinski definition) is 2. The van der Waals surface area contributed by atoms with Crippen LogP contribution < -0.4 is 0 Å². The molecule has 2 N–H and O–H groups in total. The van der Waals surface area contributed by atoms with Crippen LogP contribution in [0, 0.1) is 5.92 Å². The second-order valence-electron chi connectivity index (χ2n) is 4.91. The standard InChI is InChI=1S/C13H26O2/c1-12(2)8-7-10-13(3,15)9-5-4-6-11-14/h5,9,12,14-15H,4,6-8,10-11H2,1-3H3. The summed E-state index contributed by atoms with van der Waals surface area (Å²) < 4.78 is 0. The lowest BCUT2D eigenvalue weighted by atomic mass is 9.95. The minimum Gasteiger partial charge on any atom is -0.396 e. The maximum absolute atomic E-state index is 9.98. The van der Waals surface area contributed by atoms with Crippen molar-refractivity contribution < 1.29 is 10.2 Å². The Morgan fingerprint density at radius 3 is 2.47 bits per heavy atom. The highest BCUT2D eigenvalue weighted by Gasteiger charge is 2.15. The average Bonchev–Trinajstić information content (AvgIpc) is 2.11. The maximum Gasteiger partial charge on any atom is 0.0799 e. The van der Waals surface area contributed by atoms with Gasteiger partial charge in [-0.2, -0.15) is 0 Å². The first-order valence-electron chi connectivity index (χ1n) is 5.99. The van der Waals surface area contributed by atoms with Crippen LogP contribution in [-0.4, -0.2) is 22.4 Å². The van der Waals surface area contributed by atoms with Crippen molar-refractivity contribution in [2.24, 2.45) is 5.92 Å². The number of aliphatic hydroxyl groups is 2. The smallest absolute Gasteiger partial charge is 0.0799 e. The Bertz CT molecular complexity index is 171. The summed E-state index contributed by atoms with van der Waals surface area (Å²) in [6.07, 6.45) is 8.50. The molecule has 0 aromatic heterocycles. The van der Waals surface area contributed by atoms with Gasteiger partial charge in [-0.05, 0) is 32.1 Å². The Balaban J connectivity index is 3.70. The third-order valence-corrected chi connectivity index (χ3v) is 2.47. The van der Waals surface area contributed by atoms with Crippen molar-refractivity contribution >= 4 is 0 Å². The second kappa shape index (κ2) is 7.89. The Morgan fingerprint density at radius 1 is 1.27 bits per heavy atom. The lowest BCUT2D eigenvalue weighted by Crippen LogP contribution is -2.20. The molecule has 0 radical (unpaired) electrons. The molecule has 0 aromatic carbocycles. The highest BCUT2D eigenvalue weighted by atomic mass is 16.3. The Kier molecular flexibility index (Phi) is 7.71. The summed E-state index contributed by atoms with van der Waals surface area (Å²) in [6.45, 7) is 6.47. The van der Waals surface area contributed by atoms with Crippen LogP contribution in [0.25, 0.3) is 0 Å². The van der Waals surface area contributed by atoms with Crippen molar-refractivity contribution in [1.82, 2.24) is 0 Å². The van der Waals surface area contributed by atoms with Crippen molar-refractivity contribution in [3.63, 3.8) is 0 Å². The zero-order valence-corrected chi connectivity index (χ0v) is 10.4. The summed E-state index contributed by atoms with van der Waals surface area (Å²) in [5, 5.41) is 18.6. The fraction of sp³-hybridized carbons (Fsp3) is 0.846. The molecule has 90 valence electrons. The maximum atomic E-state index is 9.98. The van der Waals surface area contributed by atoms with Gasteiger partial charge >= 0.3 is 0 Å². The van der Waals surface area contributed by atoms with E-state index < -0.39 is 5.60 Å². The van der Waals surface area contributed by atoms with Gasteiger partial charge < -0.3 is 10.2 Å². The average molecular weight is 214 g/mol. The number of allylic oxidation sites excluding steroid dienone is 1. The molecule has 2 heteroatoms. The van der Waals surface area contributed by atoms with Crippen molar-refractivity contribution in [1.29, 1.82) is 0 Å². The van der Waals surface area contributed by atoms with Gasteiger partial charge in [-0.1, -0.05) is 38.8 Å². The molecule has 0 saturated carbocycles. The summed E-state index contributed by atoms with van der Waals surface area (Å²) in [6, 6.07) is 0. The van der Waals surface area contributed by atoms with E-state index in [2.05, 4.69) is 13.8 Å². The molecular weight excluding hydrogens is 188 g/mol. The van der Waals surface area contributed by atoms with E-state index in [1.54, 1.807) is 0 Å². The monoisotopic (exact) mass is 214 g/mol. The van der Waals surface area contributed by atoms with Gasteiger partial charge in [0.05, 0.1) is 5.60 Å². The van der Waals surface area contributed by atoms with Crippen molar-refractivity contribution in [3.05, 3.63) is 12.2 Å². The van der Waals surface area contributed by atoms with Gasteiger partial charge in [-0.3, -0.25) is 0 Å². The van der Waals surface area contributed by atoms with Gasteiger partial charge in [-0.25, -0.2) is 0 Å². The topological polar surface area (TPSA) is 40.5 Å². The molecule has 15 heavy (non-hydrogen) atoms. The molecule has 0 saturated heterocycles. The molecule has 1 atom stereocenters. The molecule has 0 bridgehead atoms. The lowest BCUT2D eigenvalue weighted by Gasteiger charge is -2.19. The first-order valence-corrected chi connectivity index (χ1v) is 5.99. The Hall–Kier alpha value is -0.340. The minimum atomic E-state index is -0.676. The SMILES string of the molecule is CC(C)CCCC(C)(O)C=CCCCO. The van der Waals surface area contributed by atoms with E-state index in [0.29, 0.717) is 5.92 Å². The van der Waals surface area contributed by atoms with Gasteiger partial charge in [0.15, 0.2) is 0 Å². The largest absolute Gasteiger partial charge is 0.396 e. The molecule has 0 heterocycles. The number of rotatable bonds is 8. The third kappa shape index (κ3) is 9.95. The van der Waals surface area contributed by atoms with E-state index in [0.717, 1.165) is 25.7 Å². The van der Waals surface area contributed by atoms with Crippen LogP contribution in [0.1, 0.15) is 52.9 Å². The van der Waals surface area contributed by atoms with Crippen LogP contribution in [0.3, 0.4) is 0 Å². The van der Waals surface area contributed by atoms with Crippen LogP contribution in [0.2, 0.25) is 0 Å². The zero-order valence-electron chi connectivity index (χ0n) is 10.4. The summed E-state index contributed by atoms with van der Waals surface area (Å²) in [4.78, 5) is 0. The van der Waals surface area contributed by atoms with Crippen LogP contribution in [0.15, 0.2) is 12.2 Å². The van der Waals surface area contributed by atoms with Crippen molar-refractivity contribution in [2.45, 2.75) is 58.5 Å². The first-order chi connectivity index (χ1) is 6.98. The molecule has 0 aliphatic heterocycles. The highest BCUT2D eigenvalue weighted by molar-refractivity contribution is 4.97. The van der Waals surface area contributed by atoms with Gasteiger partial charge in [0.1, 0.15) is 0 Å². The van der Waals surface area contributed by atoms with Gasteiger partial charge in [0, 0.05) is 6.61 Å². The molecule has 0 amide bonds. The summed E-state index contributed by atoms with van der Waals surface area (Å²) in [5.41, 5.74) is -0.676. The predicted octanol–water partition coefficient (Wildman–Crippen LogP) is 2.89. The van der Waals surface area contributed by atoms with Gasteiger partial charge in [0.25, 0.3) is 0 Å². The Morgan fingerprint density at radius 2 is 1.93 bits per heavy atom. The van der Waals surface area contributed by atoms with Crippen LogP contribution in [0.4, 0.5) is 0 Å². The number of aliphatic hydroxyl groups excluding tert-OH is 1. The predicted molar refractivity (Wildman–Crippen MR) is 64.8 cm³/mol. The Labute approximate surface area is 94.0 Å². The summed E-state index contributed by atoms with van der Waals surface area (Å²) >= 11 is 0. The molecule has 2 nitrogen and oxygen atoms in total. The fourth-order valence-corrected chi connectivity index (χ4v) is 1.50. The number of unbranched alkanes of at least 4 members (excludes halogenated alkanes) is 1. The van der Waals surface area contributed by atoms with E-state index in [4.69, 9.17) is 5.11 Å². The van der Waals surface area contributed by atoms with Crippen molar-refractivity contribution in [2.75, 3.05) is 6.61 Å². The molecule has 1 unspecified atom stereocenters. The fourth-order valence-electron chi connectivity index (χ4n) is 1.50. The first kappa shape index (κ1) is 14.7. The van der Waals surface area contributed by atoms with Crippen LogP contribution >= 0.6 is 0 Å². The summed E-state index contributed by atoms with van der Waals surface area (Å²) in [7, 11) is 0. The molecule has 0 rings (SSSR count). The van der Waals surface area contributed by atoms with Gasteiger partial charge in [-0.15, -0.1) is 0 Å². The molecule has 0 aliphatic carbocycles. The molecule has 0 aromatic rings. The van der Waals surface area contributed by atoms with E-state index in [9.17, 15) is 5.11 Å². The molecule has 0 fully saturated rings. The van der Waals surface area contributed by atoms with Crippen LogP contribution in [0.5, 0.6) is 0 Å². The van der Waals surface area contributed by atoms with Crippen LogP contribution in [-0.2, 0) is 0 Å². The quantitative estimate of drug-likeness (QED) is 0.482. The molecular formula is C13H26O2. The molecule has 0 spiro atoms. The van der Waals surface area contributed by atoms with E-state index in [1.165, 1.54) is 6.42 Å². The normalized spacial score (nSPS) is 16.1. The second-order valence-corrected chi connectivity index (χ2v) is 4.91. The van der Waals surface area contributed by atoms with Crippen molar-refractivity contribution in [3.8, 4) is 0 Å². The molecule has 0 aliphatic rings. The van der Waals surface area contributed by atoms with E-state index >= 15 is 0 Å². The van der Waals surface area contributed by atoms with Gasteiger partial charge in [0.2, 0.25) is 0 Å². The number of hydrogen-bond acceptors (Lipinski definition) is 2. The zero-order chi connectivity index (χ0) is 11.7. The summed E-state index contributed by atoms with van der Waals surface area (Å²) in [5.74, 6) is 0.708. The third-order valence-electron chi connectivity index (χ3n) is 2.47. The van der Waals surface area contributed by atoms with E-state index in [-0.39, 0.29) is 6.61 Å². The lowest BCUT2D eigenvalue weighted by molar-refractivity contribution is 0.0972. The van der Waals surface area contributed by atoms with E-state index in [1.807, 2.05) is 19.1 Å². The highest BCUT2D eigenvalue weighted by Crippen LogP contribution is 2.18.